The molecule has 0 bridgehead atoms. The number of carbonyl (C=O) groups excluding carboxylic acids is 3. The fourth-order valence-electron chi connectivity index (χ4n) is 4.07. The Kier molecular flexibility index (Phi) is 12.0. The van der Waals surface area contributed by atoms with Crippen molar-refractivity contribution in [2.45, 2.75) is 75.4 Å². The van der Waals surface area contributed by atoms with E-state index in [0.717, 1.165) is 0 Å². The van der Waals surface area contributed by atoms with Gasteiger partial charge in [-0.2, -0.15) is 0 Å². The normalized spacial score (nSPS) is 21.9. The highest BCUT2D eigenvalue weighted by Gasteiger charge is 2.47. The van der Waals surface area contributed by atoms with Crippen molar-refractivity contribution in [2.75, 3.05) is 18.8 Å². The molecule has 2 aromatic heterocycles. The van der Waals surface area contributed by atoms with Crippen molar-refractivity contribution < 1.29 is 29.3 Å². The lowest BCUT2D eigenvalue weighted by Crippen LogP contribution is -2.45. The molecule has 6 atom stereocenters. The molecule has 40 heavy (non-hydrogen) atoms. The number of hydrogen-bond donors (Lipinski definition) is 9. The van der Waals surface area contributed by atoms with Gasteiger partial charge in [0.2, 0.25) is 5.91 Å². The molecule has 0 saturated carbocycles. The number of aliphatic hydroxyl groups is 2. The highest BCUT2D eigenvalue weighted by Crippen LogP contribution is 2.32. The molecule has 222 valence electrons. The maximum atomic E-state index is 12.6. The molecule has 0 aromatic carbocycles. The van der Waals surface area contributed by atoms with Gasteiger partial charge in [0, 0.05) is 21.7 Å². The smallest absolute Gasteiger partial charge is 0.252 e. The summed E-state index contributed by atoms with van der Waals surface area (Å²) in [6.45, 7) is 0.824. The number of nitrogen functional groups attached to an aromatic ring is 1. The van der Waals surface area contributed by atoms with Crippen molar-refractivity contribution in [3.63, 3.8) is 0 Å². The third kappa shape index (κ3) is 8.55. The van der Waals surface area contributed by atoms with E-state index in [1.165, 1.54) is 17.2 Å². The highest BCUT2D eigenvalue weighted by atomic mass is 31.1. The minimum Gasteiger partial charge on any atom is -0.387 e. The van der Waals surface area contributed by atoms with E-state index in [1.807, 2.05) is 0 Å². The number of nitrogens with zero attached hydrogens (tertiary/aromatic N) is 4. The molecule has 1 aliphatic heterocycles. The molecular weight excluding hydrogens is 545 g/mol. The minimum atomic E-state index is -1.47. The van der Waals surface area contributed by atoms with Gasteiger partial charge in [0.05, 0.1) is 12.4 Å². The molecule has 0 aliphatic carbocycles. The Morgan fingerprint density at radius 3 is 2.58 bits per heavy atom. The fourth-order valence-corrected chi connectivity index (χ4v) is 4.79. The summed E-state index contributed by atoms with van der Waals surface area (Å²) in [6, 6.07) is -0.663. The topological polar surface area (TPSA) is 285 Å². The van der Waals surface area contributed by atoms with Crippen LogP contribution >= 0.6 is 8.73 Å². The number of fused-ring (bicyclic) bond motifs is 1. The monoisotopic (exact) mass is 583 g/mol. The standard InChI is InChI=1S/C22H38N11O6P/c23-11(5-4-8-28-22(25)26)21(38)40-32-12(34)6-2-1-3-7-27-19(37)16-14(35)15(36)20(39-16)33-10-31-13-17(24)29-9-30-18(13)33/h9-11,14-16,20,22,28,35-36,40H,1-8,23,25-26H2,(H,27,37)(H,32,34)(H2,24,29,30)/t11-,14-,15+,16-,20+/m0/s1. The average Bonchev–Trinajstić information content (AvgIpc) is 3.48. The molecule has 0 radical (unpaired) electrons. The van der Waals surface area contributed by atoms with Crippen LogP contribution < -0.4 is 38.7 Å². The first-order valence-electron chi connectivity index (χ1n) is 12.9. The molecular formula is C22H38N11O6P. The number of imidazole rings is 1. The summed E-state index contributed by atoms with van der Waals surface area (Å²) in [5, 5.41) is 29.0. The summed E-state index contributed by atoms with van der Waals surface area (Å²) in [6.07, 6.45) is -0.230. The molecule has 2 amide bonds. The summed E-state index contributed by atoms with van der Waals surface area (Å²) in [4.78, 5) is 48.7. The molecule has 1 unspecified atom stereocenters. The van der Waals surface area contributed by atoms with Crippen LogP contribution in [0.15, 0.2) is 12.7 Å². The lowest BCUT2D eigenvalue weighted by molar-refractivity contribution is -0.137. The zero-order valence-electron chi connectivity index (χ0n) is 21.9. The second-order valence-corrected chi connectivity index (χ2v) is 10.4. The SMILES string of the molecule is Nc1ncnc2c1ncn2[C@@H]1O[C@H](C(=O)NCCCCCC(=O)NPC(=O)[C@@H](N)CCCNC(N)N)[C@@H](O)[C@H]1O. The van der Waals surface area contributed by atoms with Crippen molar-refractivity contribution in [1.82, 2.24) is 35.2 Å². The second-order valence-electron chi connectivity index (χ2n) is 9.38. The number of anilines is 1. The van der Waals surface area contributed by atoms with Crippen molar-refractivity contribution in [3.8, 4) is 0 Å². The number of aliphatic hydroxyl groups excluding tert-OH is 2. The Balaban J connectivity index is 1.30. The average molecular weight is 584 g/mol. The Hall–Kier alpha value is -2.89. The largest absolute Gasteiger partial charge is 0.387 e. The lowest BCUT2D eigenvalue weighted by Gasteiger charge is -2.16. The van der Waals surface area contributed by atoms with Gasteiger partial charge in [-0.3, -0.25) is 24.3 Å². The molecule has 1 fully saturated rings. The van der Waals surface area contributed by atoms with E-state index in [2.05, 4.69) is 30.7 Å². The number of carbonyl (C=O) groups is 3. The number of ether oxygens (including phenoxy) is 1. The summed E-state index contributed by atoms with van der Waals surface area (Å²) >= 11 is 0. The Labute approximate surface area is 232 Å². The maximum Gasteiger partial charge on any atom is 0.252 e. The molecule has 2 aromatic rings. The first-order valence-corrected chi connectivity index (χ1v) is 13.9. The van der Waals surface area contributed by atoms with Crippen molar-refractivity contribution in [1.29, 1.82) is 0 Å². The molecule has 3 heterocycles. The Bertz CT molecular complexity index is 1150. The van der Waals surface area contributed by atoms with Crippen LogP contribution in [0.4, 0.5) is 5.82 Å². The van der Waals surface area contributed by atoms with Crippen LogP contribution in [0.2, 0.25) is 0 Å². The van der Waals surface area contributed by atoms with E-state index in [1.54, 1.807) is 0 Å². The van der Waals surface area contributed by atoms with Crippen LogP contribution in [0, 0.1) is 0 Å². The van der Waals surface area contributed by atoms with Crippen LogP contribution in [0.3, 0.4) is 0 Å². The molecule has 3 rings (SSSR count). The summed E-state index contributed by atoms with van der Waals surface area (Å²) in [7, 11) is -0.403. The van der Waals surface area contributed by atoms with Crippen LogP contribution in [0.5, 0.6) is 0 Å². The van der Waals surface area contributed by atoms with Crippen LogP contribution in [0.25, 0.3) is 11.2 Å². The van der Waals surface area contributed by atoms with Crippen LogP contribution in [-0.4, -0.2) is 90.8 Å². The third-order valence-corrected chi connectivity index (χ3v) is 7.29. The number of hydrogen-bond acceptors (Lipinski definition) is 14. The molecule has 17 nitrogen and oxygen atoms in total. The number of nitrogens with one attached hydrogen (secondary N) is 3. The zero-order valence-corrected chi connectivity index (χ0v) is 22.9. The van der Waals surface area contributed by atoms with E-state index in [4.69, 9.17) is 27.7 Å². The van der Waals surface area contributed by atoms with Crippen LogP contribution in [0.1, 0.15) is 44.8 Å². The van der Waals surface area contributed by atoms with E-state index in [9.17, 15) is 24.6 Å². The van der Waals surface area contributed by atoms with Gasteiger partial charge >= 0.3 is 0 Å². The maximum absolute atomic E-state index is 12.6. The Morgan fingerprint density at radius 2 is 1.82 bits per heavy atom. The number of amides is 2. The predicted molar refractivity (Wildman–Crippen MR) is 146 cm³/mol. The molecule has 18 heteroatoms. The quantitative estimate of drug-likeness (QED) is 0.0536. The second kappa shape index (κ2) is 15.2. The highest BCUT2D eigenvalue weighted by molar-refractivity contribution is 7.56. The fraction of sp³-hybridized carbons (Fsp3) is 0.636. The Morgan fingerprint density at radius 1 is 1.05 bits per heavy atom. The predicted octanol–water partition coefficient (Wildman–Crippen LogP) is -3.16. The van der Waals surface area contributed by atoms with Gasteiger partial charge in [0.15, 0.2) is 29.3 Å². The zero-order chi connectivity index (χ0) is 29.2. The van der Waals surface area contributed by atoms with E-state index >= 15 is 0 Å². The molecule has 13 N–H and O–H groups in total. The van der Waals surface area contributed by atoms with Gasteiger partial charge in [0.1, 0.15) is 30.3 Å². The number of aromatic nitrogens is 4. The van der Waals surface area contributed by atoms with Gasteiger partial charge in [-0.25, -0.2) is 15.0 Å². The van der Waals surface area contributed by atoms with E-state index in [-0.39, 0.29) is 30.2 Å². The summed E-state index contributed by atoms with van der Waals surface area (Å²) in [5.74, 6) is -0.682. The lowest BCUT2D eigenvalue weighted by atomic mass is 10.1. The molecule has 1 saturated heterocycles. The molecule has 0 spiro atoms. The molecule has 1 aliphatic rings. The van der Waals surface area contributed by atoms with Crippen molar-refractivity contribution in [3.05, 3.63) is 12.7 Å². The third-order valence-electron chi connectivity index (χ3n) is 6.27. The van der Waals surface area contributed by atoms with Crippen molar-refractivity contribution >= 4 is 43.1 Å². The van der Waals surface area contributed by atoms with E-state index in [0.29, 0.717) is 49.8 Å². The first kappa shape index (κ1) is 31.6. The van der Waals surface area contributed by atoms with Gasteiger partial charge in [0.25, 0.3) is 5.91 Å². The van der Waals surface area contributed by atoms with Gasteiger partial charge in [-0.15, -0.1) is 0 Å². The first-order chi connectivity index (χ1) is 19.1. The van der Waals surface area contributed by atoms with Crippen molar-refractivity contribution in [2.24, 2.45) is 17.2 Å². The van der Waals surface area contributed by atoms with Gasteiger partial charge < -0.3 is 48.3 Å². The van der Waals surface area contributed by atoms with Gasteiger partial charge in [-0.1, -0.05) is 6.42 Å². The van der Waals surface area contributed by atoms with Crippen LogP contribution in [-0.2, 0) is 19.1 Å². The number of nitrogens with two attached hydrogens (primary N) is 4. The minimum absolute atomic E-state index is 0.149. The van der Waals surface area contributed by atoms with E-state index < -0.39 is 51.5 Å². The summed E-state index contributed by atoms with van der Waals surface area (Å²) in [5.41, 5.74) is 22.8. The number of rotatable bonds is 16. The number of unbranched alkanes of at least 4 members (excludes halogenated alkanes) is 2. The summed E-state index contributed by atoms with van der Waals surface area (Å²) < 4.78 is 7.04. The van der Waals surface area contributed by atoms with Gasteiger partial charge in [-0.05, 0) is 32.2 Å².